The van der Waals surface area contributed by atoms with Crippen LogP contribution in [-0.4, -0.2) is 27.4 Å². The molecule has 0 radical (unpaired) electrons. The first-order chi connectivity index (χ1) is 10.2. The van der Waals surface area contributed by atoms with Gasteiger partial charge in [0.25, 0.3) is 0 Å². The summed E-state index contributed by atoms with van der Waals surface area (Å²) >= 11 is 0. The van der Waals surface area contributed by atoms with E-state index in [1.165, 1.54) is 0 Å². The van der Waals surface area contributed by atoms with E-state index in [-0.39, 0.29) is 12.5 Å². The number of carbonyl (C=O) groups excluding carboxylic acids is 1. The highest BCUT2D eigenvalue weighted by molar-refractivity contribution is 5.92. The highest BCUT2D eigenvalue weighted by atomic mass is 16.2. The lowest BCUT2D eigenvalue weighted by atomic mass is 10.1. The molecule has 0 atom stereocenters. The Balaban J connectivity index is 2.03. The maximum Gasteiger partial charge on any atom is 0.226 e. The Labute approximate surface area is 123 Å². The number of hydrogen-bond donors (Lipinski definition) is 2. The largest absolute Gasteiger partial charge is 0.384 e. The van der Waals surface area contributed by atoms with Crippen LogP contribution in [-0.2, 0) is 11.3 Å². The van der Waals surface area contributed by atoms with Crippen LogP contribution in [0.2, 0.25) is 0 Å². The monoisotopic (exact) mass is 283 g/mol. The molecule has 0 saturated carbocycles. The number of carbonyl (C=O) groups is 1. The normalized spacial score (nSPS) is 9.81. The van der Waals surface area contributed by atoms with Gasteiger partial charge in [-0.1, -0.05) is 17.9 Å². The maximum absolute atomic E-state index is 12.0. The van der Waals surface area contributed by atoms with Gasteiger partial charge in [-0.25, -0.2) is 0 Å². The van der Waals surface area contributed by atoms with E-state index in [1.807, 2.05) is 37.4 Å². The lowest BCUT2D eigenvalue weighted by Gasteiger charge is -2.09. The average molecular weight is 283 g/mol. The van der Waals surface area contributed by atoms with E-state index in [0.29, 0.717) is 24.2 Å². The van der Waals surface area contributed by atoms with Crippen molar-refractivity contribution in [3.63, 3.8) is 0 Å². The topological polar surface area (TPSA) is 67.2 Å². The van der Waals surface area contributed by atoms with Crippen molar-refractivity contribution in [3.8, 4) is 11.8 Å². The fourth-order valence-electron chi connectivity index (χ4n) is 1.87. The van der Waals surface area contributed by atoms with E-state index in [0.717, 1.165) is 5.56 Å². The lowest BCUT2D eigenvalue weighted by molar-refractivity contribution is -0.116. The zero-order chi connectivity index (χ0) is 15.1. The zero-order valence-corrected chi connectivity index (χ0v) is 11.8. The van der Waals surface area contributed by atoms with Gasteiger partial charge in [0.15, 0.2) is 0 Å². The molecule has 2 N–H and O–H groups in total. The predicted molar refractivity (Wildman–Crippen MR) is 80.6 cm³/mol. The molecular formula is C16H17N3O2. The molecule has 0 aliphatic heterocycles. The second kappa shape index (κ2) is 7.27. The van der Waals surface area contributed by atoms with Crippen molar-refractivity contribution >= 4 is 11.6 Å². The van der Waals surface area contributed by atoms with Gasteiger partial charge in [0.2, 0.25) is 5.91 Å². The van der Waals surface area contributed by atoms with E-state index in [2.05, 4.69) is 22.3 Å². The third-order valence-electron chi connectivity index (χ3n) is 2.88. The van der Waals surface area contributed by atoms with Crippen molar-refractivity contribution in [2.75, 3.05) is 11.9 Å². The van der Waals surface area contributed by atoms with E-state index in [9.17, 15) is 4.79 Å². The molecule has 5 heteroatoms. The minimum Gasteiger partial charge on any atom is -0.384 e. The van der Waals surface area contributed by atoms with E-state index in [4.69, 9.17) is 5.11 Å². The minimum atomic E-state index is -0.208. The molecule has 0 spiro atoms. The van der Waals surface area contributed by atoms with Crippen LogP contribution in [0.1, 0.15) is 17.5 Å². The Morgan fingerprint density at radius 1 is 1.48 bits per heavy atom. The van der Waals surface area contributed by atoms with Crippen LogP contribution in [0, 0.1) is 18.8 Å². The highest BCUT2D eigenvalue weighted by Gasteiger charge is 2.06. The van der Waals surface area contributed by atoms with Gasteiger partial charge in [0, 0.05) is 30.9 Å². The molecule has 0 unspecified atom stereocenters. The Morgan fingerprint density at radius 3 is 3.05 bits per heavy atom. The summed E-state index contributed by atoms with van der Waals surface area (Å²) in [5.74, 6) is 5.33. The quantitative estimate of drug-likeness (QED) is 0.837. The molecule has 1 aromatic carbocycles. The molecule has 2 aromatic rings. The van der Waals surface area contributed by atoms with E-state index in [1.54, 1.807) is 10.9 Å². The van der Waals surface area contributed by atoms with Gasteiger partial charge in [0.1, 0.15) is 6.61 Å². The number of hydrogen-bond acceptors (Lipinski definition) is 3. The first-order valence-electron chi connectivity index (χ1n) is 6.66. The molecular weight excluding hydrogens is 266 g/mol. The zero-order valence-electron chi connectivity index (χ0n) is 11.8. The van der Waals surface area contributed by atoms with Gasteiger partial charge in [-0.05, 0) is 30.7 Å². The molecule has 5 nitrogen and oxygen atoms in total. The molecule has 0 bridgehead atoms. The number of anilines is 1. The minimum absolute atomic E-state index is 0.0943. The fourth-order valence-corrected chi connectivity index (χ4v) is 1.87. The van der Waals surface area contributed by atoms with Gasteiger partial charge in [-0.3, -0.25) is 9.48 Å². The summed E-state index contributed by atoms with van der Waals surface area (Å²) in [7, 11) is 0. The first kappa shape index (κ1) is 14.8. The van der Waals surface area contributed by atoms with Crippen LogP contribution in [0.3, 0.4) is 0 Å². The lowest BCUT2D eigenvalue weighted by Crippen LogP contribution is -2.15. The molecule has 0 saturated heterocycles. The Hall–Kier alpha value is -2.58. The number of benzene rings is 1. The first-order valence-corrected chi connectivity index (χ1v) is 6.66. The van der Waals surface area contributed by atoms with E-state index < -0.39 is 0 Å². The number of aliphatic hydroxyl groups is 1. The van der Waals surface area contributed by atoms with Gasteiger partial charge in [-0.15, -0.1) is 0 Å². The third-order valence-corrected chi connectivity index (χ3v) is 2.88. The van der Waals surface area contributed by atoms with Crippen LogP contribution in [0.15, 0.2) is 36.7 Å². The van der Waals surface area contributed by atoms with Crippen LogP contribution >= 0.6 is 0 Å². The maximum atomic E-state index is 12.0. The Kier molecular flexibility index (Phi) is 5.13. The predicted octanol–water partition coefficient (Wildman–Crippen LogP) is 1.56. The molecule has 1 aromatic heterocycles. The SMILES string of the molecule is Cc1ccc(C#CCO)c(NC(=O)CCn2cccn2)c1. The van der Waals surface area contributed by atoms with Crippen LogP contribution in [0.4, 0.5) is 5.69 Å². The highest BCUT2D eigenvalue weighted by Crippen LogP contribution is 2.17. The summed E-state index contributed by atoms with van der Waals surface area (Å²) in [4.78, 5) is 12.0. The fraction of sp³-hybridized carbons (Fsp3) is 0.250. The van der Waals surface area contributed by atoms with Crippen molar-refractivity contribution in [3.05, 3.63) is 47.8 Å². The summed E-state index contributed by atoms with van der Waals surface area (Å²) in [6.45, 7) is 2.27. The summed E-state index contributed by atoms with van der Waals surface area (Å²) in [6.07, 6.45) is 3.83. The smallest absolute Gasteiger partial charge is 0.226 e. The number of aromatic nitrogens is 2. The van der Waals surface area contributed by atoms with Gasteiger partial charge in [-0.2, -0.15) is 5.10 Å². The van der Waals surface area contributed by atoms with E-state index >= 15 is 0 Å². The molecule has 1 heterocycles. The Bertz CT molecular complexity index is 667. The molecule has 0 fully saturated rings. The van der Waals surface area contributed by atoms with Crippen LogP contribution < -0.4 is 5.32 Å². The second-order valence-corrected chi connectivity index (χ2v) is 4.58. The molecule has 0 aliphatic carbocycles. The molecule has 2 rings (SSSR count). The number of rotatable bonds is 4. The van der Waals surface area contributed by atoms with Crippen LogP contribution in [0.25, 0.3) is 0 Å². The molecule has 108 valence electrons. The number of amides is 1. The average Bonchev–Trinajstić information content (AvgIpc) is 2.98. The number of nitrogens with one attached hydrogen (secondary N) is 1. The summed E-state index contributed by atoms with van der Waals surface area (Å²) in [5.41, 5.74) is 2.40. The van der Waals surface area contributed by atoms with Crippen LogP contribution in [0.5, 0.6) is 0 Å². The van der Waals surface area contributed by atoms with Crippen molar-refractivity contribution in [1.29, 1.82) is 0 Å². The number of aliphatic hydroxyl groups excluding tert-OH is 1. The number of aryl methyl sites for hydroxylation is 2. The summed E-state index contributed by atoms with van der Waals surface area (Å²) in [6, 6.07) is 7.44. The van der Waals surface area contributed by atoms with Crippen molar-refractivity contribution in [2.45, 2.75) is 19.9 Å². The summed E-state index contributed by atoms with van der Waals surface area (Å²) < 4.78 is 1.71. The number of nitrogens with zero attached hydrogens (tertiary/aromatic N) is 2. The van der Waals surface area contributed by atoms with Gasteiger partial charge in [0.05, 0.1) is 5.69 Å². The second-order valence-electron chi connectivity index (χ2n) is 4.58. The molecule has 21 heavy (non-hydrogen) atoms. The van der Waals surface area contributed by atoms with Crippen molar-refractivity contribution in [2.24, 2.45) is 0 Å². The van der Waals surface area contributed by atoms with Crippen molar-refractivity contribution in [1.82, 2.24) is 9.78 Å². The standard InChI is InChI=1S/C16H17N3O2/c1-13-5-6-14(4-2-11-20)15(12-13)18-16(21)7-10-19-9-3-8-17-19/h3,5-6,8-9,12,20H,7,10-11H2,1H3,(H,18,21). The molecule has 1 amide bonds. The molecule has 0 aliphatic rings. The third kappa shape index (κ3) is 4.48. The van der Waals surface area contributed by atoms with Crippen molar-refractivity contribution < 1.29 is 9.90 Å². The van der Waals surface area contributed by atoms with Gasteiger partial charge < -0.3 is 10.4 Å². The van der Waals surface area contributed by atoms with Gasteiger partial charge >= 0.3 is 0 Å². The summed E-state index contributed by atoms with van der Waals surface area (Å²) in [5, 5.41) is 15.7. The Morgan fingerprint density at radius 2 is 2.33 bits per heavy atom.